The minimum atomic E-state index is -0.0303. The molecule has 1 aliphatic carbocycles. The number of benzene rings is 1. The van der Waals surface area contributed by atoms with Crippen molar-refractivity contribution in [2.24, 2.45) is 0 Å². The van der Waals surface area contributed by atoms with Gasteiger partial charge in [-0.1, -0.05) is 0 Å². The van der Waals surface area contributed by atoms with Gasteiger partial charge >= 0.3 is 7.48 Å². The van der Waals surface area contributed by atoms with Crippen molar-refractivity contribution in [3.8, 4) is 11.4 Å². The summed E-state index contributed by atoms with van der Waals surface area (Å²) in [4.78, 5) is 0. The van der Waals surface area contributed by atoms with Gasteiger partial charge in [-0.05, 0) is 46.4 Å². The number of aromatic nitrogens is 2. The Morgan fingerprint density at radius 2 is 2.28 bits per heavy atom. The number of ether oxygens (including phenoxy) is 1. The van der Waals surface area contributed by atoms with Crippen molar-refractivity contribution < 1.29 is 9.76 Å². The topological polar surface area (TPSA) is 47.3 Å². The highest BCUT2D eigenvalue weighted by Gasteiger charge is 2.25. The van der Waals surface area contributed by atoms with Gasteiger partial charge < -0.3 is 9.76 Å². The summed E-state index contributed by atoms with van der Waals surface area (Å²) < 4.78 is 8.43. The fraction of sp³-hybridized carbons (Fsp3) is 0.250. The lowest BCUT2D eigenvalue weighted by Crippen LogP contribution is -2.21. The SMILES string of the molecule is OBc1cc(Br)c(OC2CC2)cc1-n1cccn1. The quantitative estimate of drug-likeness (QED) is 0.862. The van der Waals surface area contributed by atoms with Gasteiger partial charge in [0.15, 0.2) is 0 Å². The Kier molecular flexibility index (Phi) is 3.13. The van der Waals surface area contributed by atoms with Gasteiger partial charge in [0.05, 0.1) is 16.3 Å². The fourth-order valence-corrected chi connectivity index (χ4v) is 2.28. The molecule has 3 rings (SSSR count). The van der Waals surface area contributed by atoms with E-state index in [1.807, 2.05) is 24.4 Å². The summed E-state index contributed by atoms with van der Waals surface area (Å²) in [6.45, 7) is 0. The second-order valence-electron chi connectivity index (χ2n) is 4.34. The third kappa shape index (κ3) is 2.30. The van der Waals surface area contributed by atoms with E-state index in [1.54, 1.807) is 10.9 Å². The van der Waals surface area contributed by atoms with Gasteiger partial charge in [0.1, 0.15) is 5.75 Å². The average molecular weight is 307 g/mol. The summed E-state index contributed by atoms with van der Waals surface area (Å²) >= 11 is 3.48. The molecule has 0 radical (unpaired) electrons. The van der Waals surface area contributed by atoms with Gasteiger partial charge in [-0.2, -0.15) is 5.10 Å². The average Bonchev–Trinajstić information content (AvgIpc) is 3.03. The Bertz CT molecular complexity index is 555. The number of nitrogens with zero attached hydrogens (tertiary/aromatic N) is 2. The summed E-state index contributed by atoms with van der Waals surface area (Å²) in [6, 6.07) is 5.65. The van der Waals surface area contributed by atoms with Crippen molar-refractivity contribution >= 4 is 28.9 Å². The van der Waals surface area contributed by atoms with Crippen LogP contribution in [0.2, 0.25) is 0 Å². The standard InChI is InChI=1S/C12H12BBrN2O2/c14-10-6-9(13-17)11(16-5-1-4-15-16)7-12(10)18-8-2-3-8/h1,4-8,13,17H,2-3H2. The van der Waals surface area contributed by atoms with E-state index < -0.39 is 0 Å². The third-order valence-electron chi connectivity index (χ3n) is 2.87. The molecule has 1 aromatic carbocycles. The van der Waals surface area contributed by atoms with Crippen LogP contribution < -0.4 is 10.2 Å². The van der Waals surface area contributed by atoms with Crippen LogP contribution in [0, 0.1) is 0 Å². The van der Waals surface area contributed by atoms with Crippen LogP contribution in [0.5, 0.6) is 5.75 Å². The summed E-state index contributed by atoms with van der Waals surface area (Å²) in [6.07, 6.45) is 6.14. The van der Waals surface area contributed by atoms with Crippen LogP contribution in [-0.4, -0.2) is 28.4 Å². The zero-order valence-electron chi connectivity index (χ0n) is 9.71. The first kappa shape index (κ1) is 11.8. The molecular weight excluding hydrogens is 295 g/mol. The monoisotopic (exact) mass is 306 g/mol. The summed E-state index contributed by atoms with van der Waals surface area (Å²) in [5, 5.41) is 13.6. The number of hydrogen-bond acceptors (Lipinski definition) is 3. The third-order valence-corrected chi connectivity index (χ3v) is 3.49. The molecular formula is C12H12BBrN2O2. The van der Waals surface area contributed by atoms with E-state index in [9.17, 15) is 5.02 Å². The molecule has 6 heteroatoms. The summed E-state index contributed by atoms with van der Waals surface area (Å²) in [7, 11) is -0.0303. The van der Waals surface area contributed by atoms with Crippen LogP contribution in [0.4, 0.5) is 0 Å². The molecule has 2 aromatic rings. The van der Waals surface area contributed by atoms with E-state index in [0.29, 0.717) is 6.10 Å². The fourth-order valence-electron chi connectivity index (χ4n) is 1.79. The number of hydrogen-bond donors (Lipinski definition) is 1. The highest BCUT2D eigenvalue weighted by atomic mass is 79.9. The molecule has 1 aromatic heterocycles. The normalized spacial score (nSPS) is 14.6. The van der Waals surface area contributed by atoms with Crippen molar-refractivity contribution in [3.05, 3.63) is 35.1 Å². The second-order valence-corrected chi connectivity index (χ2v) is 5.19. The highest BCUT2D eigenvalue weighted by Crippen LogP contribution is 2.32. The summed E-state index contributed by atoms with van der Waals surface area (Å²) in [5.74, 6) is 0.806. The maximum Gasteiger partial charge on any atom is 0.307 e. The zero-order chi connectivity index (χ0) is 12.5. The number of rotatable bonds is 4. The van der Waals surface area contributed by atoms with Crippen LogP contribution >= 0.6 is 15.9 Å². The molecule has 0 aliphatic heterocycles. The molecule has 0 spiro atoms. The maximum atomic E-state index is 9.42. The van der Waals surface area contributed by atoms with E-state index in [4.69, 9.17) is 4.74 Å². The van der Waals surface area contributed by atoms with Crippen LogP contribution in [0.1, 0.15) is 12.8 Å². The number of halogens is 1. The van der Waals surface area contributed by atoms with Gasteiger partial charge in [-0.25, -0.2) is 4.68 Å². The van der Waals surface area contributed by atoms with Gasteiger partial charge in [-0.15, -0.1) is 0 Å². The molecule has 1 saturated carbocycles. The van der Waals surface area contributed by atoms with Crippen molar-refractivity contribution in [1.82, 2.24) is 9.78 Å². The largest absolute Gasteiger partial charge is 0.489 e. The van der Waals surface area contributed by atoms with Crippen molar-refractivity contribution in [1.29, 1.82) is 0 Å². The molecule has 4 nitrogen and oxygen atoms in total. The van der Waals surface area contributed by atoms with E-state index >= 15 is 0 Å². The predicted octanol–water partition coefficient (Wildman–Crippen LogP) is 1.15. The van der Waals surface area contributed by atoms with Gasteiger partial charge in [0.2, 0.25) is 0 Å². The lowest BCUT2D eigenvalue weighted by molar-refractivity contribution is 0.301. The van der Waals surface area contributed by atoms with Gasteiger partial charge in [0.25, 0.3) is 0 Å². The zero-order valence-corrected chi connectivity index (χ0v) is 11.3. The van der Waals surface area contributed by atoms with E-state index in [-0.39, 0.29) is 7.48 Å². The Hall–Kier alpha value is -1.27. The van der Waals surface area contributed by atoms with E-state index in [0.717, 1.165) is 34.2 Å². The van der Waals surface area contributed by atoms with Crippen molar-refractivity contribution in [2.75, 3.05) is 0 Å². The lowest BCUT2D eigenvalue weighted by atomic mass is 9.87. The first-order valence-corrected chi connectivity index (χ1v) is 6.67. The minimum absolute atomic E-state index is 0.0303. The van der Waals surface area contributed by atoms with Crippen molar-refractivity contribution in [3.63, 3.8) is 0 Å². The second kappa shape index (κ2) is 4.78. The molecule has 0 atom stereocenters. The van der Waals surface area contributed by atoms with Crippen LogP contribution in [0.15, 0.2) is 35.1 Å². The molecule has 1 heterocycles. The molecule has 92 valence electrons. The smallest absolute Gasteiger partial charge is 0.307 e. The Morgan fingerprint density at radius 3 is 2.89 bits per heavy atom. The Morgan fingerprint density at radius 1 is 1.44 bits per heavy atom. The lowest BCUT2D eigenvalue weighted by Gasteiger charge is -2.13. The molecule has 0 amide bonds. The Labute approximate surface area is 114 Å². The maximum absolute atomic E-state index is 9.42. The van der Waals surface area contributed by atoms with Crippen LogP contribution in [0.25, 0.3) is 5.69 Å². The molecule has 1 N–H and O–H groups in total. The summed E-state index contributed by atoms with van der Waals surface area (Å²) in [5.41, 5.74) is 1.66. The minimum Gasteiger partial charge on any atom is -0.489 e. The first-order valence-electron chi connectivity index (χ1n) is 5.88. The van der Waals surface area contributed by atoms with Gasteiger partial charge in [0, 0.05) is 18.5 Å². The van der Waals surface area contributed by atoms with Crippen LogP contribution in [-0.2, 0) is 0 Å². The molecule has 1 aliphatic rings. The van der Waals surface area contributed by atoms with Crippen LogP contribution in [0.3, 0.4) is 0 Å². The van der Waals surface area contributed by atoms with E-state index in [2.05, 4.69) is 21.0 Å². The first-order chi connectivity index (χ1) is 8.78. The highest BCUT2D eigenvalue weighted by molar-refractivity contribution is 9.10. The van der Waals surface area contributed by atoms with Crippen molar-refractivity contribution in [2.45, 2.75) is 18.9 Å². The molecule has 0 saturated heterocycles. The molecule has 0 bridgehead atoms. The van der Waals surface area contributed by atoms with Gasteiger partial charge in [-0.3, -0.25) is 0 Å². The molecule has 0 unspecified atom stereocenters. The predicted molar refractivity (Wildman–Crippen MR) is 73.9 cm³/mol. The molecule has 1 fully saturated rings. The molecule has 18 heavy (non-hydrogen) atoms. The van der Waals surface area contributed by atoms with E-state index in [1.165, 1.54) is 0 Å². The Balaban J connectivity index is 2.04.